The fourth-order valence-corrected chi connectivity index (χ4v) is 1.95. The SMILES string of the molecule is C=CCC[C@@H](N)c1cc(C(=O)O)cc(Br)c1O. The first-order valence-electron chi connectivity index (χ1n) is 5.09. The van der Waals surface area contributed by atoms with Crippen LogP contribution in [0.4, 0.5) is 0 Å². The van der Waals surface area contributed by atoms with Crippen LogP contribution in [0.25, 0.3) is 0 Å². The molecule has 1 rings (SSSR count). The zero-order valence-corrected chi connectivity index (χ0v) is 10.8. The average molecular weight is 300 g/mol. The molecule has 0 saturated carbocycles. The Morgan fingerprint density at radius 1 is 1.59 bits per heavy atom. The normalized spacial score (nSPS) is 12.1. The maximum absolute atomic E-state index is 10.9. The van der Waals surface area contributed by atoms with E-state index >= 15 is 0 Å². The van der Waals surface area contributed by atoms with Gasteiger partial charge >= 0.3 is 5.97 Å². The minimum absolute atomic E-state index is 0.00781. The van der Waals surface area contributed by atoms with Crippen molar-refractivity contribution < 1.29 is 15.0 Å². The third-order valence-electron chi connectivity index (χ3n) is 2.42. The predicted molar refractivity (Wildman–Crippen MR) is 69.1 cm³/mol. The average Bonchev–Trinajstić information content (AvgIpc) is 2.29. The molecule has 0 amide bonds. The highest BCUT2D eigenvalue weighted by atomic mass is 79.9. The fourth-order valence-electron chi connectivity index (χ4n) is 1.48. The Balaban J connectivity index is 3.12. The van der Waals surface area contributed by atoms with Gasteiger partial charge in [-0.1, -0.05) is 6.08 Å². The van der Waals surface area contributed by atoms with Gasteiger partial charge in [0, 0.05) is 11.6 Å². The highest BCUT2D eigenvalue weighted by Gasteiger charge is 2.16. The van der Waals surface area contributed by atoms with Crippen LogP contribution in [-0.4, -0.2) is 16.2 Å². The van der Waals surface area contributed by atoms with Gasteiger partial charge in [0.05, 0.1) is 10.0 Å². The van der Waals surface area contributed by atoms with Crippen molar-refractivity contribution in [2.45, 2.75) is 18.9 Å². The van der Waals surface area contributed by atoms with Crippen molar-refractivity contribution >= 4 is 21.9 Å². The molecular weight excluding hydrogens is 286 g/mol. The Hall–Kier alpha value is -1.33. The summed E-state index contributed by atoms with van der Waals surface area (Å²) in [5.74, 6) is -1.06. The number of carbonyl (C=O) groups is 1. The second-order valence-corrected chi connectivity index (χ2v) is 4.53. The molecular formula is C12H14BrNO3. The number of aromatic hydroxyl groups is 1. The Bertz CT molecular complexity index is 446. The smallest absolute Gasteiger partial charge is 0.335 e. The van der Waals surface area contributed by atoms with Gasteiger partial charge in [-0.3, -0.25) is 0 Å². The minimum atomic E-state index is -1.05. The molecule has 0 unspecified atom stereocenters. The Morgan fingerprint density at radius 3 is 2.76 bits per heavy atom. The van der Waals surface area contributed by atoms with Crippen molar-refractivity contribution in [1.82, 2.24) is 0 Å². The van der Waals surface area contributed by atoms with Crippen LogP contribution in [0.3, 0.4) is 0 Å². The van der Waals surface area contributed by atoms with Crippen LogP contribution in [0.5, 0.6) is 5.75 Å². The molecule has 0 aromatic heterocycles. The molecule has 0 heterocycles. The fraction of sp³-hybridized carbons (Fsp3) is 0.250. The Kier molecular flexibility index (Phi) is 4.72. The molecule has 0 spiro atoms. The van der Waals surface area contributed by atoms with Crippen molar-refractivity contribution in [3.63, 3.8) is 0 Å². The number of phenols is 1. The molecule has 0 fully saturated rings. The minimum Gasteiger partial charge on any atom is -0.506 e. The van der Waals surface area contributed by atoms with Crippen LogP contribution < -0.4 is 5.73 Å². The number of carboxylic acids is 1. The van der Waals surface area contributed by atoms with E-state index in [2.05, 4.69) is 22.5 Å². The van der Waals surface area contributed by atoms with E-state index in [0.717, 1.165) is 0 Å². The summed E-state index contributed by atoms with van der Waals surface area (Å²) < 4.78 is 0.335. The van der Waals surface area contributed by atoms with Crippen molar-refractivity contribution in [3.8, 4) is 5.75 Å². The lowest BCUT2D eigenvalue weighted by Gasteiger charge is -2.14. The van der Waals surface area contributed by atoms with E-state index in [1.54, 1.807) is 6.08 Å². The van der Waals surface area contributed by atoms with Gasteiger partial charge in [-0.2, -0.15) is 0 Å². The van der Waals surface area contributed by atoms with Crippen LogP contribution in [-0.2, 0) is 0 Å². The van der Waals surface area contributed by atoms with Crippen molar-refractivity contribution in [2.24, 2.45) is 5.73 Å². The van der Waals surface area contributed by atoms with Gasteiger partial charge in [0.15, 0.2) is 0 Å². The number of phenolic OH excluding ortho intramolecular Hbond substituents is 1. The standard InChI is InChI=1S/C12H14BrNO3/c1-2-3-4-10(14)8-5-7(12(16)17)6-9(13)11(8)15/h2,5-6,10,15H,1,3-4,14H2,(H,16,17)/t10-/m1/s1. The summed E-state index contributed by atoms with van der Waals surface area (Å²) in [5.41, 5.74) is 6.42. The number of nitrogens with two attached hydrogens (primary N) is 1. The van der Waals surface area contributed by atoms with E-state index in [4.69, 9.17) is 10.8 Å². The quantitative estimate of drug-likeness (QED) is 0.730. The van der Waals surface area contributed by atoms with E-state index in [1.165, 1.54) is 12.1 Å². The molecule has 92 valence electrons. The number of hydrogen-bond acceptors (Lipinski definition) is 3. The Morgan fingerprint density at radius 2 is 2.24 bits per heavy atom. The molecule has 1 aromatic rings. The van der Waals surface area contributed by atoms with Gasteiger partial charge in [-0.05, 0) is 40.9 Å². The summed E-state index contributed by atoms with van der Waals surface area (Å²) in [6.45, 7) is 3.59. The lowest BCUT2D eigenvalue weighted by atomic mass is 9.99. The predicted octanol–water partition coefficient (Wildman–Crippen LogP) is 2.82. The topological polar surface area (TPSA) is 83.6 Å². The van der Waals surface area contributed by atoms with Crippen LogP contribution in [0, 0.1) is 0 Å². The molecule has 0 bridgehead atoms. The largest absolute Gasteiger partial charge is 0.506 e. The van der Waals surface area contributed by atoms with Crippen LogP contribution >= 0.6 is 15.9 Å². The number of benzene rings is 1. The Labute approximate surface area is 108 Å². The summed E-state index contributed by atoms with van der Waals surface area (Å²) in [6.07, 6.45) is 3.04. The van der Waals surface area contributed by atoms with E-state index in [9.17, 15) is 9.90 Å². The van der Waals surface area contributed by atoms with Gasteiger partial charge in [0.1, 0.15) is 5.75 Å². The van der Waals surface area contributed by atoms with Crippen LogP contribution in [0.2, 0.25) is 0 Å². The molecule has 17 heavy (non-hydrogen) atoms. The molecule has 0 aliphatic rings. The zero-order chi connectivity index (χ0) is 13.0. The summed E-state index contributed by atoms with van der Waals surface area (Å²) >= 11 is 3.11. The van der Waals surface area contributed by atoms with Crippen molar-refractivity contribution in [2.75, 3.05) is 0 Å². The first kappa shape index (κ1) is 13.7. The van der Waals surface area contributed by atoms with Crippen LogP contribution in [0.15, 0.2) is 29.3 Å². The first-order chi connectivity index (χ1) is 7.97. The molecule has 0 radical (unpaired) electrons. The molecule has 0 aliphatic heterocycles. The highest BCUT2D eigenvalue weighted by Crippen LogP contribution is 2.34. The van der Waals surface area contributed by atoms with E-state index in [1.807, 2.05) is 0 Å². The number of allylic oxidation sites excluding steroid dienone is 1. The van der Waals surface area contributed by atoms with Gasteiger partial charge in [0.25, 0.3) is 0 Å². The first-order valence-corrected chi connectivity index (χ1v) is 5.88. The molecule has 5 heteroatoms. The number of rotatable bonds is 5. The van der Waals surface area contributed by atoms with E-state index in [0.29, 0.717) is 22.9 Å². The summed E-state index contributed by atoms with van der Waals surface area (Å²) in [6, 6.07) is 2.33. The zero-order valence-electron chi connectivity index (χ0n) is 9.19. The van der Waals surface area contributed by atoms with Crippen LogP contribution in [0.1, 0.15) is 34.8 Å². The van der Waals surface area contributed by atoms with Gasteiger partial charge in [0.2, 0.25) is 0 Å². The maximum Gasteiger partial charge on any atom is 0.335 e. The van der Waals surface area contributed by atoms with Gasteiger partial charge in [-0.15, -0.1) is 6.58 Å². The summed E-state index contributed by atoms with van der Waals surface area (Å²) in [5, 5.41) is 18.8. The summed E-state index contributed by atoms with van der Waals surface area (Å²) in [4.78, 5) is 10.9. The molecule has 0 aliphatic carbocycles. The monoisotopic (exact) mass is 299 g/mol. The number of carboxylic acid groups (broad SMARTS) is 1. The molecule has 1 atom stereocenters. The number of hydrogen-bond donors (Lipinski definition) is 3. The highest BCUT2D eigenvalue weighted by molar-refractivity contribution is 9.10. The third-order valence-corrected chi connectivity index (χ3v) is 3.03. The van der Waals surface area contributed by atoms with E-state index in [-0.39, 0.29) is 11.3 Å². The van der Waals surface area contributed by atoms with Crippen molar-refractivity contribution in [1.29, 1.82) is 0 Å². The van der Waals surface area contributed by atoms with Crippen molar-refractivity contribution in [3.05, 3.63) is 40.4 Å². The molecule has 1 aromatic carbocycles. The lowest BCUT2D eigenvalue weighted by molar-refractivity contribution is 0.0696. The molecule has 0 saturated heterocycles. The second-order valence-electron chi connectivity index (χ2n) is 3.67. The third kappa shape index (κ3) is 3.31. The maximum atomic E-state index is 10.9. The van der Waals surface area contributed by atoms with Gasteiger partial charge in [-0.25, -0.2) is 4.79 Å². The number of halogens is 1. The lowest BCUT2D eigenvalue weighted by Crippen LogP contribution is -2.11. The second kappa shape index (κ2) is 5.84. The summed E-state index contributed by atoms with van der Waals surface area (Å²) in [7, 11) is 0. The number of aromatic carboxylic acids is 1. The van der Waals surface area contributed by atoms with Gasteiger partial charge < -0.3 is 15.9 Å². The van der Waals surface area contributed by atoms with E-state index < -0.39 is 12.0 Å². The molecule has 4 N–H and O–H groups in total. The molecule has 4 nitrogen and oxygen atoms in total.